The number of carbonyl (C=O) groups is 1. The zero-order valence-corrected chi connectivity index (χ0v) is 19.3. The molecule has 3 heteroatoms. The normalized spacial score (nSPS) is 20.2. The predicted octanol–water partition coefficient (Wildman–Crippen LogP) is 8.03. The molecule has 0 spiro atoms. The van der Waals surface area contributed by atoms with Crippen molar-refractivity contribution in [2.24, 2.45) is 5.92 Å². The van der Waals surface area contributed by atoms with Crippen molar-refractivity contribution in [1.29, 1.82) is 0 Å². The van der Waals surface area contributed by atoms with Gasteiger partial charge < -0.3 is 10.0 Å². The Labute approximate surface area is 192 Å². The van der Waals surface area contributed by atoms with Crippen molar-refractivity contribution in [3.05, 3.63) is 59.2 Å². The molecule has 0 bridgehead atoms. The summed E-state index contributed by atoms with van der Waals surface area (Å²) in [5.41, 5.74) is 5.90. The summed E-state index contributed by atoms with van der Waals surface area (Å²) >= 11 is 0. The van der Waals surface area contributed by atoms with E-state index in [1.165, 1.54) is 82.7 Å². The van der Waals surface area contributed by atoms with Crippen molar-refractivity contribution < 1.29 is 9.90 Å². The fraction of sp³-hybridized carbons (Fsp3) is 0.552. The monoisotopic (exact) mass is 431 g/mol. The molecule has 32 heavy (non-hydrogen) atoms. The van der Waals surface area contributed by atoms with Crippen LogP contribution in [-0.2, 0) is 0 Å². The summed E-state index contributed by atoms with van der Waals surface area (Å²) < 4.78 is 0. The van der Waals surface area contributed by atoms with E-state index in [0.29, 0.717) is 17.4 Å². The number of benzene rings is 2. The first kappa shape index (κ1) is 21.6. The summed E-state index contributed by atoms with van der Waals surface area (Å²) in [6.45, 7) is 1.03. The molecule has 0 saturated heterocycles. The van der Waals surface area contributed by atoms with Gasteiger partial charge in [0.25, 0.3) is 0 Å². The number of aromatic carboxylic acids is 1. The highest BCUT2D eigenvalue weighted by molar-refractivity contribution is 5.88. The smallest absolute Gasteiger partial charge is 0.335 e. The van der Waals surface area contributed by atoms with Gasteiger partial charge in [0, 0.05) is 17.9 Å². The Morgan fingerprint density at radius 3 is 1.72 bits per heavy atom. The van der Waals surface area contributed by atoms with Crippen molar-refractivity contribution in [2.75, 3.05) is 11.4 Å². The van der Waals surface area contributed by atoms with E-state index in [0.717, 1.165) is 18.2 Å². The van der Waals surface area contributed by atoms with Crippen LogP contribution in [0.5, 0.6) is 0 Å². The molecule has 170 valence electrons. The molecular weight excluding hydrogens is 394 g/mol. The molecule has 2 aromatic carbocycles. The quantitative estimate of drug-likeness (QED) is 0.482. The zero-order valence-electron chi connectivity index (χ0n) is 19.3. The fourth-order valence-electron chi connectivity index (χ4n) is 5.86. The molecule has 5 rings (SSSR count). The molecule has 0 atom stereocenters. The van der Waals surface area contributed by atoms with E-state index in [1.54, 1.807) is 23.3 Å². The molecule has 3 saturated carbocycles. The predicted molar refractivity (Wildman–Crippen MR) is 131 cm³/mol. The molecule has 2 aromatic rings. The third kappa shape index (κ3) is 5.03. The molecule has 3 aliphatic carbocycles. The number of anilines is 2. The van der Waals surface area contributed by atoms with Gasteiger partial charge in [0.1, 0.15) is 0 Å². The van der Waals surface area contributed by atoms with Crippen LogP contribution >= 0.6 is 0 Å². The number of hydrogen-bond acceptors (Lipinski definition) is 2. The number of carboxylic acids is 1. The maximum Gasteiger partial charge on any atom is 0.335 e. The minimum Gasteiger partial charge on any atom is -0.478 e. The van der Waals surface area contributed by atoms with Gasteiger partial charge >= 0.3 is 5.97 Å². The van der Waals surface area contributed by atoms with Gasteiger partial charge in [-0.1, -0.05) is 44.6 Å². The molecule has 0 heterocycles. The Morgan fingerprint density at radius 2 is 1.25 bits per heavy atom. The van der Waals surface area contributed by atoms with Crippen LogP contribution < -0.4 is 4.90 Å². The van der Waals surface area contributed by atoms with Crippen molar-refractivity contribution in [1.82, 2.24) is 0 Å². The summed E-state index contributed by atoms with van der Waals surface area (Å²) in [5, 5.41) is 9.33. The van der Waals surface area contributed by atoms with Crippen LogP contribution in [0.1, 0.15) is 110 Å². The standard InChI is InChI=1S/C29H37NO2/c31-29(32)24-13-15-27(16-14-24)30(20-21-11-12-21)28-18-25(22-7-3-1-4-8-22)17-26(19-28)23-9-5-2-6-10-23/h13-19,21-23H,1-12,20H2,(H,31,32). The second-order valence-electron chi connectivity index (χ2n) is 10.4. The fourth-order valence-corrected chi connectivity index (χ4v) is 5.86. The van der Waals surface area contributed by atoms with Gasteiger partial charge in [-0.15, -0.1) is 0 Å². The number of rotatable bonds is 7. The van der Waals surface area contributed by atoms with Crippen LogP contribution in [0.25, 0.3) is 0 Å². The van der Waals surface area contributed by atoms with Gasteiger partial charge in [-0.3, -0.25) is 0 Å². The number of carboxylic acid groups (broad SMARTS) is 1. The molecule has 3 nitrogen and oxygen atoms in total. The van der Waals surface area contributed by atoms with Crippen LogP contribution in [-0.4, -0.2) is 17.6 Å². The van der Waals surface area contributed by atoms with E-state index in [9.17, 15) is 9.90 Å². The summed E-state index contributed by atoms with van der Waals surface area (Å²) in [6, 6.07) is 15.0. The first-order valence-electron chi connectivity index (χ1n) is 12.9. The highest BCUT2D eigenvalue weighted by atomic mass is 16.4. The van der Waals surface area contributed by atoms with Gasteiger partial charge in [-0.05, 0) is 104 Å². The van der Waals surface area contributed by atoms with Crippen LogP contribution in [0, 0.1) is 5.92 Å². The molecule has 0 unspecified atom stereocenters. The van der Waals surface area contributed by atoms with Gasteiger partial charge in [0.15, 0.2) is 0 Å². The first-order chi connectivity index (χ1) is 15.7. The molecule has 1 N–H and O–H groups in total. The number of hydrogen-bond donors (Lipinski definition) is 1. The van der Waals surface area contributed by atoms with E-state index in [2.05, 4.69) is 23.1 Å². The zero-order chi connectivity index (χ0) is 21.9. The van der Waals surface area contributed by atoms with Gasteiger partial charge in [0.05, 0.1) is 5.56 Å². The highest BCUT2D eigenvalue weighted by Gasteiger charge is 2.27. The van der Waals surface area contributed by atoms with E-state index in [1.807, 2.05) is 12.1 Å². The average molecular weight is 432 g/mol. The van der Waals surface area contributed by atoms with E-state index in [-0.39, 0.29) is 0 Å². The van der Waals surface area contributed by atoms with Crippen molar-refractivity contribution in [3.63, 3.8) is 0 Å². The Hall–Kier alpha value is -2.29. The Balaban J connectivity index is 1.53. The Morgan fingerprint density at radius 1 is 0.719 bits per heavy atom. The Kier molecular flexibility index (Phi) is 6.52. The first-order valence-corrected chi connectivity index (χ1v) is 12.9. The Bertz CT molecular complexity index is 882. The maximum absolute atomic E-state index is 11.4. The minimum absolute atomic E-state index is 0.360. The summed E-state index contributed by atoms with van der Waals surface area (Å²) in [7, 11) is 0. The lowest BCUT2D eigenvalue weighted by Crippen LogP contribution is -2.21. The highest BCUT2D eigenvalue weighted by Crippen LogP contribution is 2.42. The average Bonchev–Trinajstić information content (AvgIpc) is 3.68. The SMILES string of the molecule is O=C(O)c1ccc(N(CC2CC2)c2cc(C3CCCCC3)cc(C3CCCCC3)c2)cc1. The molecule has 0 aromatic heterocycles. The topological polar surface area (TPSA) is 40.5 Å². The van der Waals surface area contributed by atoms with Crippen molar-refractivity contribution in [2.45, 2.75) is 88.9 Å². The largest absolute Gasteiger partial charge is 0.478 e. The van der Waals surface area contributed by atoms with Crippen LogP contribution in [0.2, 0.25) is 0 Å². The van der Waals surface area contributed by atoms with Crippen LogP contribution in [0.4, 0.5) is 11.4 Å². The van der Waals surface area contributed by atoms with Crippen LogP contribution in [0.15, 0.2) is 42.5 Å². The van der Waals surface area contributed by atoms with Gasteiger partial charge in [0.2, 0.25) is 0 Å². The maximum atomic E-state index is 11.4. The van der Waals surface area contributed by atoms with Crippen molar-refractivity contribution in [3.8, 4) is 0 Å². The lowest BCUT2D eigenvalue weighted by molar-refractivity contribution is 0.0697. The molecule has 3 aliphatic rings. The summed E-state index contributed by atoms with van der Waals surface area (Å²) in [6.07, 6.45) is 16.1. The summed E-state index contributed by atoms with van der Waals surface area (Å²) in [4.78, 5) is 13.8. The number of nitrogens with zero attached hydrogens (tertiary/aromatic N) is 1. The third-order valence-corrected chi connectivity index (χ3v) is 7.99. The molecule has 0 amide bonds. The van der Waals surface area contributed by atoms with Crippen molar-refractivity contribution >= 4 is 17.3 Å². The molecule has 0 aliphatic heterocycles. The minimum atomic E-state index is -0.857. The molecular formula is C29H37NO2. The van der Waals surface area contributed by atoms with Gasteiger partial charge in [-0.2, -0.15) is 0 Å². The van der Waals surface area contributed by atoms with E-state index in [4.69, 9.17) is 0 Å². The lowest BCUT2D eigenvalue weighted by atomic mass is 9.79. The third-order valence-electron chi connectivity index (χ3n) is 7.99. The van der Waals surface area contributed by atoms with E-state index >= 15 is 0 Å². The van der Waals surface area contributed by atoms with Gasteiger partial charge in [-0.25, -0.2) is 4.79 Å². The summed E-state index contributed by atoms with van der Waals surface area (Å²) in [5.74, 6) is 1.29. The second-order valence-corrected chi connectivity index (χ2v) is 10.4. The molecule has 0 radical (unpaired) electrons. The van der Waals surface area contributed by atoms with Crippen LogP contribution in [0.3, 0.4) is 0 Å². The molecule has 3 fully saturated rings. The lowest BCUT2D eigenvalue weighted by Gasteiger charge is -2.31. The second kappa shape index (κ2) is 9.68. The van der Waals surface area contributed by atoms with E-state index < -0.39 is 5.97 Å².